The molecule has 5 nitrogen and oxygen atoms in total. The van der Waals surface area contributed by atoms with E-state index in [0.29, 0.717) is 23.4 Å². The van der Waals surface area contributed by atoms with Crippen molar-refractivity contribution in [3.05, 3.63) is 21.9 Å². The molecule has 1 amide bonds. The van der Waals surface area contributed by atoms with Gasteiger partial charge in [-0.25, -0.2) is 4.79 Å². The van der Waals surface area contributed by atoms with E-state index >= 15 is 0 Å². The number of thiophene rings is 1. The number of ether oxygens (including phenoxy) is 1. The Bertz CT molecular complexity index is 570. The Kier molecular flexibility index (Phi) is 4.77. The number of likely N-dealkylation sites (tertiary alicyclic amines) is 1. The Morgan fingerprint density at radius 3 is 3.10 bits per heavy atom. The Hall–Kier alpha value is -1.84. The van der Waals surface area contributed by atoms with Crippen LogP contribution in [-0.4, -0.2) is 43.0 Å². The lowest BCUT2D eigenvalue weighted by Gasteiger charge is -2.22. The van der Waals surface area contributed by atoms with Gasteiger partial charge in [0.15, 0.2) is 0 Å². The van der Waals surface area contributed by atoms with Crippen LogP contribution < -0.4 is 5.73 Å². The first kappa shape index (κ1) is 14.6. The maximum atomic E-state index is 12.6. The fourth-order valence-electron chi connectivity index (χ4n) is 2.24. The predicted octanol–water partition coefficient (Wildman–Crippen LogP) is 0.836. The van der Waals surface area contributed by atoms with E-state index in [1.165, 1.54) is 18.4 Å². The van der Waals surface area contributed by atoms with Crippen molar-refractivity contribution in [1.82, 2.24) is 4.90 Å². The molecule has 1 aromatic heterocycles. The summed E-state index contributed by atoms with van der Waals surface area (Å²) in [4.78, 5) is 26.4. The molecule has 20 heavy (non-hydrogen) atoms. The molecule has 1 unspecified atom stereocenters. The summed E-state index contributed by atoms with van der Waals surface area (Å²) in [6, 6.07) is 1.31. The topological polar surface area (TPSA) is 72.6 Å². The highest BCUT2D eigenvalue weighted by molar-refractivity contribution is 7.12. The first-order chi connectivity index (χ1) is 9.69. The van der Waals surface area contributed by atoms with E-state index in [1.54, 1.807) is 11.0 Å². The minimum Gasteiger partial charge on any atom is -0.467 e. The third-order valence-corrected chi connectivity index (χ3v) is 4.07. The van der Waals surface area contributed by atoms with Crippen molar-refractivity contribution in [3.63, 3.8) is 0 Å². The molecule has 0 aliphatic carbocycles. The van der Waals surface area contributed by atoms with Gasteiger partial charge in [-0.1, -0.05) is 11.8 Å². The van der Waals surface area contributed by atoms with Crippen LogP contribution in [0.5, 0.6) is 0 Å². The molecule has 1 fully saturated rings. The molecule has 2 rings (SSSR count). The fraction of sp³-hybridized carbons (Fsp3) is 0.429. The van der Waals surface area contributed by atoms with Crippen LogP contribution in [0.3, 0.4) is 0 Å². The number of hydrogen-bond donors (Lipinski definition) is 1. The monoisotopic (exact) mass is 292 g/mol. The minimum absolute atomic E-state index is 0.158. The Labute approximate surface area is 121 Å². The molecule has 0 saturated carbocycles. The number of esters is 1. The average Bonchev–Trinajstić information content (AvgIpc) is 3.12. The lowest BCUT2D eigenvalue weighted by Crippen LogP contribution is -2.41. The number of nitrogens with two attached hydrogens (primary N) is 1. The van der Waals surface area contributed by atoms with E-state index in [-0.39, 0.29) is 18.4 Å². The highest BCUT2D eigenvalue weighted by Crippen LogP contribution is 2.25. The van der Waals surface area contributed by atoms with Crippen LogP contribution in [0, 0.1) is 11.8 Å². The summed E-state index contributed by atoms with van der Waals surface area (Å²) < 4.78 is 4.75. The number of carbonyl (C=O) groups excluding carboxylic acids is 2. The maximum absolute atomic E-state index is 12.6. The van der Waals surface area contributed by atoms with Crippen molar-refractivity contribution in [2.75, 3.05) is 20.2 Å². The van der Waals surface area contributed by atoms with E-state index in [4.69, 9.17) is 10.5 Å². The molecule has 1 aliphatic rings. The molecule has 6 heteroatoms. The van der Waals surface area contributed by atoms with Gasteiger partial charge in [0, 0.05) is 12.1 Å². The van der Waals surface area contributed by atoms with E-state index < -0.39 is 6.04 Å². The summed E-state index contributed by atoms with van der Waals surface area (Å²) in [6.07, 6.45) is 1.45. The fourth-order valence-corrected chi connectivity index (χ4v) is 3.05. The van der Waals surface area contributed by atoms with Gasteiger partial charge in [-0.3, -0.25) is 4.79 Å². The lowest BCUT2D eigenvalue weighted by molar-refractivity contribution is -0.145. The largest absolute Gasteiger partial charge is 0.467 e. The van der Waals surface area contributed by atoms with Gasteiger partial charge in [0.25, 0.3) is 5.91 Å². The normalized spacial score (nSPS) is 17.5. The zero-order valence-electron chi connectivity index (χ0n) is 11.2. The minimum atomic E-state index is -0.482. The number of methoxy groups -OCH3 is 1. The quantitative estimate of drug-likeness (QED) is 0.647. The highest BCUT2D eigenvalue weighted by atomic mass is 32.1. The van der Waals surface area contributed by atoms with Gasteiger partial charge in [-0.15, -0.1) is 11.3 Å². The zero-order chi connectivity index (χ0) is 14.5. The molecule has 1 aromatic rings. The second-order valence-corrected chi connectivity index (χ2v) is 5.27. The second-order valence-electron chi connectivity index (χ2n) is 4.35. The molecule has 2 N–H and O–H groups in total. The van der Waals surface area contributed by atoms with Crippen molar-refractivity contribution < 1.29 is 14.3 Å². The Balaban J connectivity index is 2.23. The zero-order valence-corrected chi connectivity index (χ0v) is 12.0. The number of nitrogens with zero attached hydrogens (tertiary/aromatic N) is 1. The van der Waals surface area contributed by atoms with Gasteiger partial charge < -0.3 is 15.4 Å². The molecule has 2 heterocycles. The summed E-state index contributed by atoms with van der Waals surface area (Å²) in [5.41, 5.74) is 6.01. The molecule has 1 aliphatic heterocycles. The van der Waals surface area contributed by atoms with E-state index in [9.17, 15) is 9.59 Å². The van der Waals surface area contributed by atoms with Crippen molar-refractivity contribution in [2.45, 2.75) is 18.9 Å². The summed E-state index contributed by atoms with van der Waals surface area (Å²) in [7, 11) is 1.34. The van der Waals surface area contributed by atoms with Crippen molar-refractivity contribution in [1.29, 1.82) is 0 Å². The number of amides is 1. The molecule has 0 spiro atoms. The van der Waals surface area contributed by atoms with Crippen LogP contribution in [0.15, 0.2) is 11.4 Å². The van der Waals surface area contributed by atoms with Crippen LogP contribution in [0.4, 0.5) is 0 Å². The number of hydrogen-bond acceptors (Lipinski definition) is 5. The third kappa shape index (κ3) is 2.84. The van der Waals surface area contributed by atoms with Gasteiger partial charge in [-0.2, -0.15) is 0 Å². The smallest absolute Gasteiger partial charge is 0.328 e. The summed E-state index contributed by atoms with van der Waals surface area (Å²) >= 11 is 1.33. The first-order valence-corrected chi connectivity index (χ1v) is 7.22. The van der Waals surface area contributed by atoms with Gasteiger partial charge in [0.1, 0.15) is 10.9 Å². The number of rotatable bonds is 2. The van der Waals surface area contributed by atoms with E-state index in [1.807, 2.05) is 5.38 Å². The van der Waals surface area contributed by atoms with Crippen LogP contribution >= 0.6 is 11.3 Å². The van der Waals surface area contributed by atoms with E-state index in [2.05, 4.69) is 11.8 Å². The summed E-state index contributed by atoms with van der Waals surface area (Å²) in [6.45, 7) is 0.818. The van der Waals surface area contributed by atoms with Gasteiger partial charge in [-0.05, 0) is 24.3 Å². The van der Waals surface area contributed by atoms with Crippen molar-refractivity contribution >= 4 is 23.2 Å². The molecule has 1 atom stereocenters. The van der Waals surface area contributed by atoms with Crippen LogP contribution in [0.2, 0.25) is 0 Å². The molecule has 1 saturated heterocycles. The molecule has 0 aromatic carbocycles. The first-order valence-electron chi connectivity index (χ1n) is 6.34. The highest BCUT2D eigenvalue weighted by Gasteiger charge is 2.36. The van der Waals surface area contributed by atoms with Crippen molar-refractivity contribution in [3.8, 4) is 11.8 Å². The van der Waals surface area contributed by atoms with Crippen LogP contribution in [0.25, 0.3) is 0 Å². The Morgan fingerprint density at radius 2 is 2.40 bits per heavy atom. The lowest BCUT2D eigenvalue weighted by atomic mass is 10.2. The van der Waals surface area contributed by atoms with Gasteiger partial charge in [0.05, 0.1) is 13.7 Å². The molecular weight excluding hydrogens is 276 g/mol. The number of carbonyl (C=O) groups is 2. The molecular formula is C14H16N2O3S. The van der Waals surface area contributed by atoms with Crippen molar-refractivity contribution in [2.24, 2.45) is 5.73 Å². The SMILES string of the molecule is COC(=O)C1CCCN1C(=O)c1sccc1C#CCN. The van der Waals surface area contributed by atoms with Gasteiger partial charge in [0.2, 0.25) is 0 Å². The van der Waals surface area contributed by atoms with Crippen LogP contribution in [-0.2, 0) is 9.53 Å². The summed E-state index contributed by atoms with van der Waals surface area (Å²) in [5, 5.41) is 1.82. The predicted molar refractivity (Wildman–Crippen MR) is 76.3 cm³/mol. The molecule has 0 bridgehead atoms. The molecule has 0 radical (unpaired) electrons. The summed E-state index contributed by atoms with van der Waals surface area (Å²) in [5.74, 6) is 5.11. The molecule has 106 valence electrons. The Morgan fingerprint density at radius 1 is 1.60 bits per heavy atom. The van der Waals surface area contributed by atoms with Crippen LogP contribution in [0.1, 0.15) is 28.1 Å². The van der Waals surface area contributed by atoms with E-state index in [0.717, 1.165) is 6.42 Å². The maximum Gasteiger partial charge on any atom is 0.328 e. The standard InChI is InChI=1S/C14H16N2O3S/c1-19-14(18)11-5-3-8-16(11)13(17)12-10(4-2-7-15)6-9-20-12/h6,9,11H,3,5,7-8,15H2,1H3. The second kappa shape index (κ2) is 6.55. The van der Waals surface area contributed by atoms with Gasteiger partial charge >= 0.3 is 5.97 Å². The average molecular weight is 292 g/mol. The third-order valence-electron chi connectivity index (χ3n) is 3.17.